The molecular formula is C18H21FN2O2. The third-order valence-corrected chi connectivity index (χ3v) is 3.60. The number of anilines is 1. The Kier molecular flexibility index (Phi) is 5.71. The molecule has 0 bridgehead atoms. The molecule has 0 fully saturated rings. The van der Waals surface area contributed by atoms with Crippen LogP contribution in [0.3, 0.4) is 0 Å². The van der Waals surface area contributed by atoms with Crippen LogP contribution in [0.2, 0.25) is 0 Å². The summed E-state index contributed by atoms with van der Waals surface area (Å²) in [6, 6.07) is 13.1. The van der Waals surface area contributed by atoms with Crippen molar-refractivity contribution >= 4 is 11.6 Å². The van der Waals surface area contributed by atoms with Gasteiger partial charge in [0.25, 0.3) is 0 Å². The Morgan fingerprint density at radius 2 is 1.96 bits per heavy atom. The van der Waals surface area contributed by atoms with Crippen molar-refractivity contribution in [1.82, 2.24) is 0 Å². The van der Waals surface area contributed by atoms with E-state index >= 15 is 0 Å². The molecule has 122 valence electrons. The van der Waals surface area contributed by atoms with Crippen molar-refractivity contribution in [3.8, 4) is 5.75 Å². The summed E-state index contributed by atoms with van der Waals surface area (Å²) in [4.78, 5) is 12.0. The number of rotatable bonds is 6. The molecule has 0 aliphatic carbocycles. The Balaban J connectivity index is 1.98. The molecule has 0 saturated carbocycles. The van der Waals surface area contributed by atoms with Gasteiger partial charge in [0.2, 0.25) is 5.91 Å². The number of nitrogens with one attached hydrogen (secondary N) is 1. The fraction of sp³-hybridized carbons (Fsp3) is 0.278. The van der Waals surface area contributed by atoms with Crippen molar-refractivity contribution in [2.45, 2.75) is 26.5 Å². The topological polar surface area (TPSA) is 64.4 Å². The fourth-order valence-corrected chi connectivity index (χ4v) is 1.96. The third kappa shape index (κ3) is 5.07. The van der Waals surface area contributed by atoms with Crippen LogP contribution in [0.4, 0.5) is 10.1 Å². The summed E-state index contributed by atoms with van der Waals surface area (Å²) < 4.78 is 18.6. The molecule has 0 aliphatic rings. The van der Waals surface area contributed by atoms with Gasteiger partial charge in [-0.25, -0.2) is 4.39 Å². The molecule has 2 aromatic carbocycles. The van der Waals surface area contributed by atoms with E-state index in [2.05, 4.69) is 5.32 Å². The van der Waals surface area contributed by atoms with Gasteiger partial charge >= 0.3 is 0 Å². The molecule has 0 radical (unpaired) electrons. The molecule has 2 unspecified atom stereocenters. The van der Waals surface area contributed by atoms with Crippen molar-refractivity contribution < 1.29 is 13.9 Å². The SMILES string of the molecule is CC(N)C(C)C(=O)Nc1cccc(COc2cccc(F)c2)c1. The van der Waals surface area contributed by atoms with Crippen LogP contribution in [-0.2, 0) is 11.4 Å². The molecule has 2 rings (SSSR count). The van der Waals surface area contributed by atoms with Crippen molar-refractivity contribution in [3.63, 3.8) is 0 Å². The number of ether oxygens (including phenoxy) is 1. The monoisotopic (exact) mass is 316 g/mol. The van der Waals surface area contributed by atoms with E-state index < -0.39 is 0 Å². The largest absolute Gasteiger partial charge is 0.489 e. The van der Waals surface area contributed by atoms with Crippen molar-refractivity contribution in [1.29, 1.82) is 0 Å². The molecule has 0 aromatic heterocycles. The van der Waals surface area contributed by atoms with E-state index in [1.54, 1.807) is 32.0 Å². The van der Waals surface area contributed by atoms with Gasteiger partial charge in [-0.05, 0) is 36.8 Å². The number of nitrogens with two attached hydrogens (primary N) is 1. The van der Waals surface area contributed by atoms with Gasteiger partial charge in [-0.2, -0.15) is 0 Å². The smallest absolute Gasteiger partial charge is 0.228 e. The summed E-state index contributed by atoms with van der Waals surface area (Å²) in [6.07, 6.45) is 0. The second-order valence-electron chi connectivity index (χ2n) is 5.58. The Bertz CT molecular complexity index is 674. The van der Waals surface area contributed by atoms with E-state index in [-0.39, 0.29) is 30.3 Å². The van der Waals surface area contributed by atoms with Crippen LogP contribution in [0.15, 0.2) is 48.5 Å². The van der Waals surface area contributed by atoms with Crippen LogP contribution in [0.5, 0.6) is 5.75 Å². The zero-order valence-corrected chi connectivity index (χ0v) is 13.3. The van der Waals surface area contributed by atoms with Crippen LogP contribution < -0.4 is 15.8 Å². The first-order valence-corrected chi connectivity index (χ1v) is 7.49. The van der Waals surface area contributed by atoms with Gasteiger partial charge in [-0.1, -0.05) is 25.1 Å². The summed E-state index contributed by atoms with van der Waals surface area (Å²) in [7, 11) is 0. The molecular weight excluding hydrogens is 295 g/mol. The summed E-state index contributed by atoms with van der Waals surface area (Å²) in [5, 5.41) is 2.84. The maximum absolute atomic E-state index is 13.1. The molecule has 0 aliphatic heterocycles. The Morgan fingerprint density at radius 3 is 2.65 bits per heavy atom. The molecule has 5 heteroatoms. The fourth-order valence-electron chi connectivity index (χ4n) is 1.96. The zero-order valence-electron chi connectivity index (χ0n) is 13.3. The minimum Gasteiger partial charge on any atom is -0.489 e. The lowest BCUT2D eigenvalue weighted by Gasteiger charge is -2.15. The summed E-state index contributed by atoms with van der Waals surface area (Å²) in [5.41, 5.74) is 7.29. The van der Waals surface area contributed by atoms with Crippen LogP contribution in [0.1, 0.15) is 19.4 Å². The second kappa shape index (κ2) is 7.74. The van der Waals surface area contributed by atoms with Crippen molar-refractivity contribution in [2.75, 3.05) is 5.32 Å². The summed E-state index contributed by atoms with van der Waals surface area (Å²) in [6.45, 7) is 3.88. The van der Waals surface area contributed by atoms with E-state index in [1.807, 2.05) is 18.2 Å². The zero-order chi connectivity index (χ0) is 16.8. The molecule has 0 spiro atoms. The normalized spacial score (nSPS) is 13.2. The number of halogens is 1. The van der Waals surface area contributed by atoms with Gasteiger partial charge in [-0.15, -0.1) is 0 Å². The van der Waals surface area contributed by atoms with Gasteiger partial charge in [0, 0.05) is 17.8 Å². The van der Waals surface area contributed by atoms with E-state index in [1.165, 1.54) is 12.1 Å². The quantitative estimate of drug-likeness (QED) is 0.859. The highest BCUT2D eigenvalue weighted by Gasteiger charge is 2.17. The minimum atomic E-state index is -0.339. The van der Waals surface area contributed by atoms with Gasteiger partial charge in [-0.3, -0.25) is 4.79 Å². The van der Waals surface area contributed by atoms with E-state index in [9.17, 15) is 9.18 Å². The molecule has 2 aromatic rings. The highest BCUT2D eigenvalue weighted by Crippen LogP contribution is 2.17. The van der Waals surface area contributed by atoms with E-state index in [4.69, 9.17) is 10.5 Å². The van der Waals surface area contributed by atoms with Crippen molar-refractivity contribution in [2.24, 2.45) is 11.7 Å². The number of amides is 1. The van der Waals surface area contributed by atoms with Gasteiger partial charge < -0.3 is 15.8 Å². The van der Waals surface area contributed by atoms with Gasteiger partial charge in [0.15, 0.2) is 0 Å². The van der Waals surface area contributed by atoms with Crippen LogP contribution >= 0.6 is 0 Å². The molecule has 0 heterocycles. The number of hydrogen-bond donors (Lipinski definition) is 2. The average Bonchev–Trinajstić information content (AvgIpc) is 2.52. The predicted molar refractivity (Wildman–Crippen MR) is 88.6 cm³/mol. The first-order chi connectivity index (χ1) is 11.0. The molecule has 4 nitrogen and oxygen atoms in total. The summed E-state index contributed by atoms with van der Waals surface area (Å²) in [5.74, 6) is -0.274. The Morgan fingerprint density at radius 1 is 1.22 bits per heavy atom. The van der Waals surface area contributed by atoms with Gasteiger partial charge in [0.05, 0.1) is 5.92 Å². The molecule has 1 amide bonds. The summed E-state index contributed by atoms with van der Waals surface area (Å²) >= 11 is 0. The van der Waals surface area contributed by atoms with Crippen LogP contribution in [0.25, 0.3) is 0 Å². The lowest BCUT2D eigenvalue weighted by molar-refractivity contribution is -0.119. The number of carbonyl (C=O) groups is 1. The molecule has 2 atom stereocenters. The van der Waals surface area contributed by atoms with Crippen LogP contribution in [0, 0.1) is 11.7 Å². The first kappa shape index (κ1) is 17.0. The predicted octanol–water partition coefficient (Wildman–Crippen LogP) is 3.33. The highest BCUT2D eigenvalue weighted by atomic mass is 19.1. The van der Waals surface area contributed by atoms with Crippen LogP contribution in [-0.4, -0.2) is 11.9 Å². The third-order valence-electron chi connectivity index (χ3n) is 3.60. The Hall–Kier alpha value is -2.40. The average molecular weight is 316 g/mol. The van der Waals surface area contributed by atoms with E-state index in [0.717, 1.165) is 5.56 Å². The second-order valence-corrected chi connectivity index (χ2v) is 5.58. The van der Waals surface area contributed by atoms with E-state index in [0.29, 0.717) is 11.4 Å². The molecule has 23 heavy (non-hydrogen) atoms. The lowest BCUT2D eigenvalue weighted by Crippen LogP contribution is -2.34. The standard InChI is InChI=1S/C18H21FN2O2/c1-12(13(2)20)18(22)21-16-7-3-5-14(9-16)11-23-17-8-4-6-15(19)10-17/h3-10,12-13H,11,20H2,1-2H3,(H,21,22). The number of hydrogen-bond acceptors (Lipinski definition) is 3. The Labute approximate surface area is 135 Å². The van der Waals surface area contributed by atoms with Gasteiger partial charge in [0.1, 0.15) is 18.2 Å². The lowest BCUT2D eigenvalue weighted by atomic mass is 10.0. The highest BCUT2D eigenvalue weighted by molar-refractivity contribution is 5.92. The maximum atomic E-state index is 13.1. The minimum absolute atomic E-state index is 0.122. The first-order valence-electron chi connectivity index (χ1n) is 7.49. The number of carbonyl (C=O) groups excluding carboxylic acids is 1. The molecule has 0 saturated heterocycles. The van der Waals surface area contributed by atoms with Crippen molar-refractivity contribution in [3.05, 3.63) is 59.9 Å². The molecule has 3 N–H and O–H groups in total. The number of benzene rings is 2. The maximum Gasteiger partial charge on any atom is 0.228 e.